The predicted molar refractivity (Wildman–Crippen MR) is 77.3 cm³/mol. The van der Waals surface area contributed by atoms with E-state index < -0.39 is 0 Å². The third-order valence-electron chi connectivity index (χ3n) is 2.50. The highest BCUT2D eigenvalue weighted by Crippen LogP contribution is 2.29. The van der Waals surface area contributed by atoms with Crippen molar-refractivity contribution in [2.75, 3.05) is 11.1 Å². The Hall–Kier alpha value is -1.07. The molecule has 3 nitrogen and oxygen atoms in total. The molecular formula is C12H14BrN3S. The monoisotopic (exact) mass is 311 g/mol. The summed E-state index contributed by atoms with van der Waals surface area (Å²) in [5, 5.41) is 6.51. The van der Waals surface area contributed by atoms with Gasteiger partial charge in [-0.25, -0.2) is 4.98 Å². The van der Waals surface area contributed by atoms with Gasteiger partial charge < -0.3 is 11.1 Å². The minimum absolute atomic E-state index is 0.214. The highest BCUT2D eigenvalue weighted by molar-refractivity contribution is 9.10. The van der Waals surface area contributed by atoms with Gasteiger partial charge in [0.05, 0.1) is 17.4 Å². The summed E-state index contributed by atoms with van der Waals surface area (Å²) in [6, 6.07) is 6.03. The maximum absolute atomic E-state index is 5.95. The van der Waals surface area contributed by atoms with Crippen molar-refractivity contribution in [3.63, 3.8) is 0 Å². The number of anilines is 2. The van der Waals surface area contributed by atoms with Crippen LogP contribution < -0.4 is 11.1 Å². The molecule has 1 aromatic heterocycles. The SMILES string of the molecule is CCC(Nc1cc(Br)ccc1N)c1nccs1. The van der Waals surface area contributed by atoms with E-state index in [1.807, 2.05) is 29.8 Å². The first-order valence-corrected chi connectivity index (χ1v) is 7.09. The number of nitrogens with zero attached hydrogens (tertiary/aromatic N) is 1. The van der Waals surface area contributed by atoms with Gasteiger partial charge >= 0.3 is 0 Å². The van der Waals surface area contributed by atoms with Crippen LogP contribution in [0.2, 0.25) is 0 Å². The zero-order valence-electron chi connectivity index (χ0n) is 9.48. The lowest BCUT2D eigenvalue weighted by Crippen LogP contribution is -2.10. The van der Waals surface area contributed by atoms with E-state index in [1.165, 1.54) is 0 Å². The van der Waals surface area contributed by atoms with E-state index in [2.05, 4.69) is 33.2 Å². The topological polar surface area (TPSA) is 50.9 Å². The number of nitrogen functional groups attached to an aromatic ring is 1. The highest BCUT2D eigenvalue weighted by atomic mass is 79.9. The second kappa shape index (κ2) is 5.51. The second-order valence-electron chi connectivity index (χ2n) is 3.71. The first-order valence-electron chi connectivity index (χ1n) is 5.41. The molecule has 0 radical (unpaired) electrons. The number of hydrogen-bond acceptors (Lipinski definition) is 4. The van der Waals surface area contributed by atoms with E-state index in [9.17, 15) is 0 Å². The molecule has 0 spiro atoms. The van der Waals surface area contributed by atoms with Crippen molar-refractivity contribution in [3.05, 3.63) is 39.3 Å². The molecule has 0 fully saturated rings. The standard InChI is InChI=1S/C12H14BrN3S/c1-2-10(12-15-5-6-17-12)16-11-7-8(13)3-4-9(11)14/h3-7,10,16H,2,14H2,1H3. The minimum Gasteiger partial charge on any atom is -0.397 e. The summed E-state index contributed by atoms with van der Waals surface area (Å²) in [4.78, 5) is 4.34. The molecule has 1 atom stereocenters. The minimum atomic E-state index is 0.214. The normalized spacial score (nSPS) is 12.4. The molecule has 1 unspecified atom stereocenters. The fraction of sp³-hybridized carbons (Fsp3) is 0.250. The summed E-state index contributed by atoms with van der Waals surface area (Å²) >= 11 is 5.11. The third kappa shape index (κ3) is 2.98. The Morgan fingerprint density at radius 2 is 2.35 bits per heavy atom. The van der Waals surface area contributed by atoms with E-state index in [-0.39, 0.29) is 6.04 Å². The van der Waals surface area contributed by atoms with Crippen molar-refractivity contribution < 1.29 is 0 Å². The highest BCUT2D eigenvalue weighted by Gasteiger charge is 2.12. The van der Waals surface area contributed by atoms with E-state index >= 15 is 0 Å². The quantitative estimate of drug-likeness (QED) is 0.837. The fourth-order valence-electron chi connectivity index (χ4n) is 1.59. The summed E-state index contributed by atoms with van der Waals surface area (Å²) in [5.74, 6) is 0. The molecule has 0 amide bonds. The second-order valence-corrected chi connectivity index (χ2v) is 5.55. The van der Waals surface area contributed by atoms with Crippen LogP contribution in [-0.2, 0) is 0 Å². The maximum Gasteiger partial charge on any atom is 0.115 e. The Kier molecular flexibility index (Phi) is 4.02. The van der Waals surface area contributed by atoms with Crippen LogP contribution in [0.25, 0.3) is 0 Å². The molecule has 90 valence electrons. The van der Waals surface area contributed by atoms with Crippen LogP contribution >= 0.6 is 27.3 Å². The summed E-state index contributed by atoms with van der Waals surface area (Å²) in [7, 11) is 0. The number of halogens is 1. The van der Waals surface area contributed by atoms with Crippen LogP contribution in [0.15, 0.2) is 34.2 Å². The van der Waals surface area contributed by atoms with Crippen LogP contribution in [0.1, 0.15) is 24.4 Å². The number of benzene rings is 1. The Balaban J connectivity index is 2.21. The average Bonchev–Trinajstić information content (AvgIpc) is 2.84. The largest absolute Gasteiger partial charge is 0.397 e. The van der Waals surface area contributed by atoms with Gasteiger partial charge in [-0.15, -0.1) is 11.3 Å². The molecule has 0 saturated heterocycles. The number of aromatic nitrogens is 1. The van der Waals surface area contributed by atoms with Gasteiger partial charge in [-0.2, -0.15) is 0 Å². The lowest BCUT2D eigenvalue weighted by Gasteiger charge is -2.17. The zero-order valence-corrected chi connectivity index (χ0v) is 11.9. The molecule has 0 aliphatic rings. The fourth-order valence-corrected chi connectivity index (χ4v) is 2.72. The molecule has 1 aromatic carbocycles. The Bertz CT molecular complexity index is 485. The molecule has 0 aliphatic carbocycles. The zero-order chi connectivity index (χ0) is 12.3. The Labute approximate surface area is 113 Å². The average molecular weight is 312 g/mol. The van der Waals surface area contributed by atoms with Crippen LogP contribution in [0, 0.1) is 0 Å². The van der Waals surface area contributed by atoms with Gasteiger partial charge in [0.25, 0.3) is 0 Å². The van der Waals surface area contributed by atoms with Crippen molar-refractivity contribution in [2.24, 2.45) is 0 Å². The lowest BCUT2D eigenvalue weighted by atomic mass is 10.2. The number of rotatable bonds is 4. The van der Waals surface area contributed by atoms with E-state index in [0.717, 1.165) is 27.3 Å². The Morgan fingerprint density at radius 1 is 1.53 bits per heavy atom. The first kappa shape index (κ1) is 12.4. The maximum atomic E-state index is 5.95. The molecule has 1 heterocycles. The van der Waals surface area contributed by atoms with Crippen LogP contribution in [-0.4, -0.2) is 4.98 Å². The van der Waals surface area contributed by atoms with Gasteiger partial charge in [-0.3, -0.25) is 0 Å². The lowest BCUT2D eigenvalue weighted by molar-refractivity contribution is 0.742. The van der Waals surface area contributed by atoms with Gasteiger partial charge in [0.2, 0.25) is 0 Å². The molecule has 5 heteroatoms. The number of nitrogens with one attached hydrogen (secondary N) is 1. The summed E-state index contributed by atoms with van der Waals surface area (Å²) < 4.78 is 1.02. The van der Waals surface area contributed by atoms with E-state index in [1.54, 1.807) is 11.3 Å². The molecule has 17 heavy (non-hydrogen) atoms. The van der Waals surface area contributed by atoms with Crippen molar-refractivity contribution in [1.82, 2.24) is 4.98 Å². The van der Waals surface area contributed by atoms with Crippen molar-refractivity contribution in [1.29, 1.82) is 0 Å². The summed E-state index contributed by atoms with van der Waals surface area (Å²) in [5.41, 5.74) is 7.64. The Morgan fingerprint density at radius 3 is 3.00 bits per heavy atom. The molecule has 2 aromatic rings. The third-order valence-corrected chi connectivity index (χ3v) is 3.89. The van der Waals surface area contributed by atoms with E-state index in [0.29, 0.717) is 0 Å². The smallest absolute Gasteiger partial charge is 0.115 e. The summed E-state index contributed by atoms with van der Waals surface area (Å²) in [6.45, 7) is 2.13. The molecule has 0 aliphatic heterocycles. The van der Waals surface area contributed by atoms with Crippen molar-refractivity contribution in [3.8, 4) is 0 Å². The predicted octanol–water partition coefficient (Wildman–Crippen LogP) is 4.05. The summed E-state index contributed by atoms with van der Waals surface area (Å²) in [6.07, 6.45) is 2.80. The number of nitrogens with two attached hydrogens (primary N) is 1. The van der Waals surface area contributed by atoms with Crippen LogP contribution in [0.5, 0.6) is 0 Å². The molecule has 2 rings (SSSR count). The van der Waals surface area contributed by atoms with Crippen LogP contribution in [0.3, 0.4) is 0 Å². The first-order chi connectivity index (χ1) is 8.20. The van der Waals surface area contributed by atoms with Gasteiger partial charge in [0.1, 0.15) is 5.01 Å². The van der Waals surface area contributed by atoms with Gasteiger partial charge in [0, 0.05) is 16.0 Å². The van der Waals surface area contributed by atoms with Crippen LogP contribution in [0.4, 0.5) is 11.4 Å². The molecular weight excluding hydrogens is 298 g/mol. The molecule has 0 bridgehead atoms. The molecule has 3 N–H and O–H groups in total. The van der Waals surface area contributed by atoms with E-state index in [4.69, 9.17) is 5.73 Å². The van der Waals surface area contributed by atoms with Gasteiger partial charge in [-0.1, -0.05) is 22.9 Å². The number of hydrogen-bond donors (Lipinski definition) is 2. The molecule has 0 saturated carbocycles. The van der Waals surface area contributed by atoms with Crippen molar-refractivity contribution in [2.45, 2.75) is 19.4 Å². The van der Waals surface area contributed by atoms with Crippen molar-refractivity contribution >= 4 is 38.6 Å². The van der Waals surface area contributed by atoms with Gasteiger partial charge in [-0.05, 0) is 24.6 Å². The number of thiazole rings is 1. The van der Waals surface area contributed by atoms with Gasteiger partial charge in [0.15, 0.2) is 0 Å².